The molecule has 2 unspecified atom stereocenters. The Hall–Kier alpha value is -1.94. The molecule has 0 aliphatic rings. The Bertz CT molecular complexity index is 1940. The van der Waals surface area contributed by atoms with Gasteiger partial charge in [0.1, 0.15) is 19.3 Å². The molecule has 594 valence electrons. The minimum absolute atomic E-state index is 0.105. The molecule has 0 aliphatic heterocycles. The predicted molar refractivity (Wildman–Crippen MR) is 409 cm³/mol. The van der Waals surface area contributed by atoms with Crippen LogP contribution in [0.5, 0.6) is 0 Å². The summed E-state index contributed by atoms with van der Waals surface area (Å²) in [7, 11) is -9.92. The summed E-state index contributed by atoms with van der Waals surface area (Å²) < 4.78 is 68.7. The van der Waals surface area contributed by atoms with Crippen LogP contribution in [0.2, 0.25) is 0 Å². The first kappa shape index (κ1) is 98.1. The molecule has 0 saturated heterocycles. The van der Waals surface area contributed by atoms with Crippen LogP contribution in [0.1, 0.15) is 421 Å². The molecule has 3 N–H and O–H groups in total. The summed E-state index contributed by atoms with van der Waals surface area (Å²) >= 11 is 0. The van der Waals surface area contributed by atoms with E-state index in [1.54, 1.807) is 0 Å². The van der Waals surface area contributed by atoms with Gasteiger partial charge in [0.25, 0.3) is 0 Å². The summed E-state index contributed by atoms with van der Waals surface area (Å²) in [5.41, 5.74) is 0. The van der Waals surface area contributed by atoms with Crippen molar-refractivity contribution in [2.24, 2.45) is 17.8 Å². The summed E-state index contributed by atoms with van der Waals surface area (Å²) in [4.78, 5) is 73.0. The fourth-order valence-corrected chi connectivity index (χ4v) is 14.1. The second-order valence-electron chi connectivity index (χ2n) is 30.6. The topological polar surface area (TPSA) is 237 Å². The molecule has 0 aromatic rings. The third-order valence-electron chi connectivity index (χ3n) is 18.9. The normalized spacial score (nSPS) is 14.0. The third-order valence-corrected chi connectivity index (χ3v) is 20.8. The fourth-order valence-electron chi connectivity index (χ4n) is 12.5. The lowest BCUT2D eigenvalue weighted by atomic mass is 10.0. The Labute approximate surface area is 613 Å². The number of aliphatic hydroxyl groups is 1. The zero-order valence-corrected chi connectivity index (χ0v) is 67.5. The van der Waals surface area contributed by atoms with E-state index in [0.717, 1.165) is 108 Å². The molecule has 0 radical (unpaired) electrons. The lowest BCUT2D eigenvalue weighted by Gasteiger charge is -2.21. The highest BCUT2D eigenvalue weighted by atomic mass is 31.2. The number of aliphatic hydroxyl groups excluding tert-OH is 1. The standard InChI is InChI=1S/C81H158O17P2/c1-8-9-10-11-12-13-14-15-16-17-18-19-22-26-29-35-42-50-57-64-80(85)97-76(68-91-78(83)62-55-48-41-34-28-25-23-20-21-24-27-32-38-45-52-59-72(2)3)70-95-99(87,88)93-66-75(82)67-94-100(89,90)96-71-77(69-92-79(84)63-56-49-44-37-40-47-54-61-74(6)7)98-81(86)65-58-51-43-36-31-30-33-39-46-53-60-73(4)5/h72-77,82H,8-71H2,1-7H3,(H,87,88)(H,89,90)/t75-,76-,77-/m1/s1. The van der Waals surface area contributed by atoms with Crippen molar-refractivity contribution in [1.29, 1.82) is 0 Å². The summed E-state index contributed by atoms with van der Waals surface area (Å²) in [5.74, 6) is 0.151. The van der Waals surface area contributed by atoms with E-state index in [4.69, 9.17) is 37.0 Å². The Morgan fingerprint density at radius 1 is 0.270 bits per heavy atom. The van der Waals surface area contributed by atoms with Crippen LogP contribution in [0, 0.1) is 17.8 Å². The smallest absolute Gasteiger partial charge is 0.462 e. The number of rotatable bonds is 79. The highest BCUT2D eigenvalue weighted by Gasteiger charge is 2.30. The van der Waals surface area contributed by atoms with Crippen molar-refractivity contribution < 1.29 is 80.2 Å². The number of hydrogen-bond donors (Lipinski definition) is 3. The number of carbonyl (C=O) groups excluding carboxylic acids is 4. The minimum atomic E-state index is -4.96. The Morgan fingerprint density at radius 2 is 0.460 bits per heavy atom. The molecule has 100 heavy (non-hydrogen) atoms. The van der Waals surface area contributed by atoms with Gasteiger partial charge in [-0.3, -0.25) is 37.3 Å². The molecule has 0 spiro atoms. The average molecular weight is 1470 g/mol. The van der Waals surface area contributed by atoms with Gasteiger partial charge in [-0.05, 0) is 43.4 Å². The van der Waals surface area contributed by atoms with E-state index in [9.17, 15) is 43.2 Å². The van der Waals surface area contributed by atoms with E-state index in [-0.39, 0.29) is 25.7 Å². The van der Waals surface area contributed by atoms with Crippen LogP contribution >= 0.6 is 15.6 Å². The first-order chi connectivity index (χ1) is 48.2. The van der Waals surface area contributed by atoms with E-state index >= 15 is 0 Å². The number of carbonyl (C=O) groups is 4. The van der Waals surface area contributed by atoms with Gasteiger partial charge in [-0.15, -0.1) is 0 Å². The van der Waals surface area contributed by atoms with Gasteiger partial charge >= 0.3 is 39.5 Å². The molecule has 0 amide bonds. The maximum absolute atomic E-state index is 13.1. The number of phosphoric acid groups is 2. The monoisotopic (exact) mass is 1470 g/mol. The molecule has 0 aromatic carbocycles. The highest BCUT2D eigenvalue weighted by molar-refractivity contribution is 7.47. The van der Waals surface area contributed by atoms with Crippen molar-refractivity contribution in [3.63, 3.8) is 0 Å². The second-order valence-corrected chi connectivity index (χ2v) is 33.5. The lowest BCUT2D eigenvalue weighted by molar-refractivity contribution is -0.161. The van der Waals surface area contributed by atoms with Crippen LogP contribution in [0.3, 0.4) is 0 Å². The van der Waals surface area contributed by atoms with Gasteiger partial charge in [0.15, 0.2) is 12.2 Å². The zero-order chi connectivity index (χ0) is 73.7. The summed E-state index contributed by atoms with van der Waals surface area (Å²) in [6.07, 6.45) is 59.8. The first-order valence-corrected chi connectivity index (χ1v) is 44.8. The van der Waals surface area contributed by atoms with Gasteiger partial charge in [0, 0.05) is 25.7 Å². The largest absolute Gasteiger partial charge is 0.472 e. The Kier molecular flexibility index (Phi) is 69.9. The molecule has 0 fully saturated rings. The van der Waals surface area contributed by atoms with Gasteiger partial charge in [0.2, 0.25) is 0 Å². The summed E-state index contributed by atoms with van der Waals surface area (Å²) in [6.45, 7) is 11.9. The van der Waals surface area contributed by atoms with Gasteiger partial charge in [0.05, 0.1) is 26.4 Å². The highest BCUT2D eigenvalue weighted by Crippen LogP contribution is 2.45. The number of esters is 4. The Morgan fingerprint density at radius 3 is 0.680 bits per heavy atom. The molecule has 0 rings (SSSR count). The Balaban J connectivity index is 5.23. The molecule has 19 heteroatoms. The molecule has 0 bridgehead atoms. The third kappa shape index (κ3) is 74.3. The maximum atomic E-state index is 13.1. The molecule has 0 aromatic heterocycles. The van der Waals surface area contributed by atoms with Gasteiger partial charge in [-0.2, -0.15) is 0 Å². The average Bonchev–Trinajstić information content (AvgIpc) is 0.909. The van der Waals surface area contributed by atoms with Crippen LogP contribution in [-0.2, 0) is 65.4 Å². The van der Waals surface area contributed by atoms with Gasteiger partial charge < -0.3 is 33.8 Å². The van der Waals surface area contributed by atoms with Crippen LogP contribution < -0.4 is 0 Å². The van der Waals surface area contributed by atoms with Crippen LogP contribution in [0.4, 0.5) is 0 Å². The van der Waals surface area contributed by atoms with Crippen molar-refractivity contribution in [1.82, 2.24) is 0 Å². The summed E-state index contributed by atoms with van der Waals surface area (Å²) in [6, 6.07) is 0. The molecular formula is C81H158O17P2. The number of hydrogen-bond acceptors (Lipinski definition) is 15. The van der Waals surface area contributed by atoms with Crippen molar-refractivity contribution in [2.75, 3.05) is 39.6 Å². The predicted octanol–water partition coefficient (Wildman–Crippen LogP) is 24.1. The quantitative estimate of drug-likeness (QED) is 0.0222. The van der Waals surface area contributed by atoms with Crippen molar-refractivity contribution in [2.45, 2.75) is 439 Å². The lowest BCUT2D eigenvalue weighted by Crippen LogP contribution is -2.30. The van der Waals surface area contributed by atoms with E-state index in [1.165, 1.54) is 225 Å². The van der Waals surface area contributed by atoms with Crippen LogP contribution in [0.25, 0.3) is 0 Å². The van der Waals surface area contributed by atoms with Crippen LogP contribution in [0.15, 0.2) is 0 Å². The molecule has 0 saturated carbocycles. The SMILES string of the molecule is CCCCCCCCCCCCCCCCCCCCCC(=O)O[C@H](COC(=O)CCCCCCCCCCCCCCCCCC(C)C)COP(=O)(O)OC[C@@H](O)COP(=O)(O)OC[C@@H](COC(=O)CCCCCCCCCC(C)C)OC(=O)CCCCCCCCCCCCC(C)C. The van der Waals surface area contributed by atoms with Crippen molar-refractivity contribution >= 4 is 39.5 Å². The van der Waals surface area contributed by atoms with Crippen LogP contribution in [-0.4, -0.2) is 96.7 Å². The van der Waals surface area contributed by atoms with E-state index in [1.807, 2.05) is 0 Å². The maximum Gasteiger partial charge on any atom is 0.472 e. The molecule has 0 aliphatic carbocycles. The molecule has 17 nitrogen and oxygen atoms in total. The molecular weight excluding hydrogens is 1310 g/mol. The number of ether oxygens (including phenoxy) is 4. The fraction of sp³-hybridized carbons (Fsp3) is 0.951. The van der Waals surface area contributed by atoms with E-state index < -0.39 is 97.5 Å². The number of unbranched alkanes of at least 4 members (excludes halogenated alkanes) is 47. The molecule has 5 atom stereocenters. The minimum Gasteiger partial charge on any atom is -0.462 e. The zero-order valence-electron chi connectivity index (χ0n) is 65.7. The summed E-state index contributed by atoms with van der Waals surface area (Å²) in [5, 5.41) is 10.6. The van der Waals surface area contributed by atoms with Crippen molar-refractivity contribution in [3.05, 3.63) is 0 Å². The first-order valence-electron chi connectivity index (χ1n) is 41.8. The molecule has 0 heterocycles. The van der Waals surface area contributed by atoms with Gasteiger partial charge in [-0.1, -0.05) is 370 Å². The van der Waals surface area contributed by atoms with E-state index in [2.05, 4.69) is 48.5 Å². The van der Waals surface area contributed by atoms with Crippen molar-refractivity contribution in [3.8, 4) is 0 Å². The second kappa shape index (κ2) is 71.3. The van der Waals surface area contributed by atoms with Gasteiger partial charge in [-0.25, -0.2) is 9.13 Å². The number of phosphoric ester groups is 2. The van der Waals surface area contributed by atoms with E-state index in [0.29, 0.717) is 31.6 Å².